The first-order chi connectivity index (χ1) is 11.1. The van der Waals surface area contributed by atoms with Crippen LogP contribution in [0.25, 0.3) is 0 Å². The summed E-state index contributed by atoms with van der Waals surface area (Å²) in [7, 11) is 1.59. The van der Waals surface area contributed by atoms with Gasteiger partial charge in [0.2, 0.25) is 0 Å². The molecule has 1 atom stereocenters. The quantitative estimate of drug-likeness (QED) is 0.757. The van der Waals surface area contributed by atoms with Gasteiger partial charge in [0.1, 0.15) is 5.82 Å². The van der Waals surface area contributed by atoms with Crippen molar-refractivity contribution in [3.8, 4) is 0 Å². The molecule has 0 fully saturated rings. The molecule has 0 bridgehead atoms. The summed E-state index contributed by atoms with van der Waals surface area (Å²) in [6.45, 7) is 0.705. The van der Waals surface area contributed by atoms with E-state index in [4.69, 9.17) is 22.1 Å². The van der Waals surface area contributed by atoms with E-state index in [0.717, 1.165) is 11.1 Å². The number of aromatic nitrogens is 1. The number of anilines is 1. The number of methoxy groups -OCH3 is 1. The van der Waals surface area contributed by atoms with Gasteiger partial charge in [0.15, 0.2) is 0 Å². The fourth-order valence-corrected chi connectivity index (χ4v) is 2.21. The van der Waals surface area contributed by atoms with Crippen molar-refractivity contribution in [1.82, 2.24) is 15.6 Å². The van der Waals surface area contributed by atoms with Gasteiger partial charge < -0.3 is 21.1 Å². The van der Waals surface area contributed by atoms with E-state index in [0.29, 0.717) is 23.9 Å². The highest BCUT2D eigenvalue weighted by Gasteiger charge is 2.12. The third-order valence-corrected chi connectivity index (χ3v) is 3.49. The minimum Gasteiger partial charge on any atom is -0.384 e. The van der Waals surface area contributed by atoms with Crippen molar-refractivity contribution in [2.45, 2.75) is 12.6 Å². The van der Waals surface area contributed by atoms with Gasteiger partial charge in [-0.2, -0.15) is 0 Å². The van der Waals surface area contributed by atoms with Crippen molar-refractivity contribution in [3.63, 3.8) is 0 Å². The first-order valence-electron chi connectivity index (χ1n) is 7.09. The maximum absolute atomic E-state index is 11.9. The zero-order valence-corrected chi connectivity index (χ0v) is 13.5. The molecule has 2 aromatic rings. The van der Waals surface area contributed by atoms with Crippen LogP contribution in [0.15, 0.2) is 42.6 Å². The summed E-state index contributed by atoms with van der Waals surface area (Å²) in [5.41, 5.74) is 7.28. The third kappa shape index (κ3) is 5.43. The van der Waals surface area contributed by atoms with Gasteiger partial charge in [-0.05, 0) is 29.3 Å². The van der Waals surface area contributed by atoms with Crippen LogP contribution in [-0.4, -0.2) is 24.7 Å². The van der Waals surface area contributed by atoms with Gasteiger partial charge in [-0.15, -0.1) is 0 Å². The summed E-state index contributed by atoms with van der Waals surface area (Å²) in [4.78, 5) is 15.8. The van der Waals surface area contributed by atoms with Gasteiger partial charge >= 0.3 is 6.03 Å². The smallest absolute Gasteiger partial charge is 0.315 e. The second-order valence-corrected chi connectivity index (χ2v) is 5.37. The summed E-state index contributed by atoms with van der Waals surface area (Å²) < 4.78 is 5.39. The summed E-state index contributed by atoms with van der Waals surface area (Å²) in [6.07, 6.45) is 1.36. The zero-order chi connectivity index (χ0) is 16.7. The van der Waals surface area contributed by atoms with Gasteiger partial charge in [0, 0.05) is 31.4 Å². The number of nitrogens with two attached hydrogens (primary N) is 1. The third-order valence-electron chi connectivity index (χ3n) is 3.25. The van der Waals surface area contributed by atoms with E-state index in [9.17, 15) is 4.79 Å². The van der Waals surface area contributed by atoms with Gasteiger partial charge in [-0.25, -0.2) is 9.78 Å². The van der Waals surface area contributed by atoms with E-state index in [-0.39, 0.29) is 12.1 Å². The summed E-state index contributed by atoms with van der Waals surface area (Å²) in [5, 5.41) is 6.15. The van der Waals surface area contributed by atoms with Crippen molar-refractivity contribution in [2.75, 3.05) is 19.4 Å². The predicted molar refractivity (Wildman–Crippen MR) is 90.1 cm³/mol. The largest absolute Gasteiger partial charge is 0.384 e. The summed E-state index contributed by atoms with van der Waals surface area (Å²) in [5.74, 6) is 0.447. The second-order valence-electron chi connectivity index (χ2n) is 4.93. The SMILES string of the molecule is COC(CNC(=O)NCc1ccc(N)nc1)c1cccc(Cl)c1. The minimum absolute atomic E-state index is 0.266. The number of urea groups is 1. The number of pyridine rings is 1. The Balaban J connectivity index is 1.81. The molecule has 0 radical (unpaired) electrons. The minimum atomic E-state index is -0.286. The van der Waals surface area contributed by atoms with E-state index in [1.165, 1.54) is 0 Å². The van der Waals surface area contributed by atoms with Gasteiger partial charge in [0.05, 0.1) is 6.10 Å². The Kier molecular flexibility index (Phi) is 6.19. The highest BCUT2D eigenvalue weighted by atomic mass is 35.5. The Morgan fingerprint density at radius 2 is 2.17 bits per heavy atom. The molecular formula is C16H19ClN4O2. The number of hydrogen-bond acceptors (Lipinski definition) is 4. The van der Waals surface area contributed by atoms with Gasteiger partial charge in [-0.3, -0.25) is 0 Å². The van der Waals surface area contributed by atoms with Crippen molar-refractivity contribution >= 4 is 23.4 Å². The number of amides is 2. The van der Waals surface area contributed by atoms with Crippen LogP contribution in [0, 0.1) is 0 Å². The Morgan fingerprint density at radius 1 is 1.35 bits per heavy atom. The molecule has 2 amide bonds. The van der Waals surface area contributed by atoms with E-state index < -0.39 is 0 Å². The Labute approximate surface area is 140 Å². The molecule has 1 unspecified atom stereocenters. The van der Waals surface area contributed by atoms with Crippen molar-refractivity contribution in [1.29, 1.82) is 0 Å². The number of halogens is 1. The molecule has 0 saturated heterocycles. The number of nitrogens with zero attached hydrogens (tertiary/aromatic N) is 1. The molecule has 2 rings (SSSR count). The van der Waals surface area contributed by atoms with E-state index in [2.05, 4.69) is 15.6 Å². The Hall–Kier alpha value is -2.31. The molecule has 1 aromatic carbocycles. The molecule has 6 nitrogen and oxygen atoms in total. The summed E-state index contributed by atoms with van der Waals surface area (Å²) in [6, 6.07) is 10.6. The highest BCUT2D eigenvalue weighted by molar-refractivity contribution is 6.30. The molecule has 1 aromatic heterocycles. The lowest BCUT2D eigenvalue weighted by atomic mass is 10.1. The summed E-state index contributed by atoms with van der Waals surface area (Å²) >= 11 is 5.97. The van der Waals surface area contributed by atoms with Crippen LogP contribution in [0.2, 0.25) is 5.02 Å². The van der Waals surface area contributed by atoms with Crippen molar-refractivity contribution in [3.05, 3.63) is 58.7 Å². The number of ether oxygens (including phenoxy) is 1. The molecule has 122 valence electrons. The van der Waals surface area contributed by atoms with Crippen molar-refractivity contribution < 1.29 is 9.53 Å². The molecule has 0 aliphatic heterocycles. The van der Waals surface area contributed by atoms with Crippen LogP contribution in [-0.2, 0) is 11.3 Å². The number of carbonyl (C=O) groups excluding carboxylic acids is 1. The Morgan fingerprint density at radius 3 is 2.83 bits per heavy atom. The number of hydrogen-bond donors (Lipinski definition) is 3. The molecule has 23 heavy (non-hydrogen) atoms. The average molecular weight is 335 g/mol. The van der Waals surface area contributed by atoms with Crippen LogP contribution in [0.4, 0.5) is 10.6 Å². The van der Waals surface area contributed by atoms with Gasteiger partial charge in [-0.1, -0.05) is 29.8 Å². The first-order valence-corrected chi connectivity index (χ1v) is 7.46. The van der Waals surface area contributed by atoms with Crippen LogP contribution in [0.5, 0.6) is 0 Å². The topological polar surface area (TPSA) is 89.3 Å². The number of benzene rings is 1. The zero-order valence-electron chi connectivity index (χ0n) is 12.8. The lowest BCUT2D eigenvalue weighted by Gasteiger charge is -2.17. The molecule has 0 aliphatic carbocycles. The first kappa shape index (κ1) is 17.1. The maximum Gasteiger partial charge on any atom is 0.315 e. The van der Waals surface area contributed by atoms with Crippen LogP contribution in [0.3, 0.4) is 0 Å². The molecule has 0 spiro atoms. The predicted octanol–water partition coefficient (Wildman–Crippen LogP) is 2.50. The highest BCUT2D eigenvalue weighted by Crippen LogP contribution is 2.19. The fraction of sp³-hybridized carbons (Fsp3) is 0.250. The average Bonchev–Trinajstić information content (AvgIpc) is 2.55. The maximum atomic E-state index is 11.9. The number of nitrogen functional groups attached to an aromatic ring is 1. The molecular weight excluding hydrogens is 316 g/mol. The fourth-order valence-electron chi connectivity index (χ4n) is 2.01. The van der Waals surface area contributed by atoms with E-state index >= 15 is 0 Å². The van der Waals surface area contributed by atoms with Gasteiger partial charge in [0.25, 0.3) is 0 Å². The molecule has 4 N–H and O–H groups in total. The number of rotatable bonds is 6. The van der Waals surface area contributed by atoms with Crippen LogP contribution >= 0.6 is 11.6 Å². The number of carbonyl (C=O) groups is 1. The standard InChI is InChI=1S/C16H19ClN4O2/c1-23-14(12-3-2-4-13(17)7-12)10-21-16(22)20-9-11-5-6-15(18)19-8-11/h2-8,14H,9-10H2,1H3,(H2,18,19)(H2,20,21,22). The second kappa shape index (κ2) is 8.36. The molecule has 7 heteroatoms. The van der Waals surface area contributed by atoms with E-state index in [1.54, 1.807) is 25.4 Å². The lowest BCUT2D eigenvalue weighted by Crippen LogP contribution is -2.37. The molecule has 0 saturated carbocycles. The van der Waals surface area contributed by atoms with E-state index in [1.807, 2.05) is 24.3 Å². The Bertz CT molecular complexity index is 649. The van der Waals surface area contributed by atoms with Crippen molar-refractivity contribution in [2.24, 2.45) is 0 Å². The monoisotopic (exact) mass is 334 g/mol. The molecule has 0 aliphatic rings. The van der Waals surface area contributed by atoms with Crippen LogP contribution < -0.4 is 16.4 Å². The molecule has 1 heterocycles. The number of nitrogens with one attached hydrogen (secondary N) is 2. The lowest BCUT2D eigenvalue weighted by molar-refractivity contribution is 0.104. The van der Waals surface area contributed by atoms with Crippen LogP contribution in [0.1, 0.15) is 17.2 Å². The normalized spacial score (nSPS) is 11.7.